The smallest absolute Gasteiger partial charge is 0.224 e. The van der Waals surface area contributed by atoms with Crippen LogP contribution in [-0.4, -0.2) is 42.2 Å². The van der Waals surface area contributed by atoms with E-state index in [1.165, 1.54) is 12.1 Å². The van der Waals surface area contributed by atoms with Crippen LogP contribution in [0.1, 0.15) is 12.8 Å². The van der Waals surface area contributed by atoms with E-state index >= 15 is 0 Å². The molecule has 0 fully saturated rings. The first-order valence-corrected chi connectivity index (χ1v) is 7.95. The first kappa shape index (κ1) is 17.2. The Morgan fingerprint density at radius 2 is 1.76 bits per heavy atom. The number of phenolic OH excluding ortho intramolecular Hbond substituents is 1. The van der Waals surface area contributed by atoms with Gasteiger partial charge in [-0.05, 0) is 30.5 Å². The zero-order valence-corrected chi connectivity index (χ0v) is 12.7. The number of aromatic hydroxyl groups is 1. The Morgan fingerprint density at radius 1 is 1.14 bits per heavy atom. The van der Waals surface area contributed by atoms with Crippen LogP contribution >= 0.6 is 11.8 Å². The third-order valence-corrected chi connectivity index (χ3v) is 3.15. The van der Waals surface area contributed by atoms with Crippen LogP contribution in [0.3, 0.4) is 0 Å². The van der Waals surface area contributed by atoms with Gasteiger partial charge in [-0.3, -0.25) is 9.59 Å². The van der Waals surface area contributed by atoms with Gasteiger partial charge in [0.2, 0.25) is 11.8 Å². The number of rotatable bonds is 9. The monoisotopic (exact) mass is 312 g/mol. The first-order valence-electron chi connectivity index (χ1n) is 6.56. The number of thioether (sulfide) groups is 1. The van der Waals surface area contributed by atoms with Crippen LogP contribution in [0.15, 0.2) is 24.3 Å². The Kier molecular flexibility index (Phi) is 8.11. The van der Waals surface area contributed by atoms with E-state index in [0.717, 1.165) is 5.75 Å². The number of benzene rings is 1. The molecule has 1 rings (SSSR count). The standard InChI is InChI=1S/C14H20N2O4S/c1-21-9-7-14(19)16-10-15-13(18)6-8-20-12-4-2-11(17)3-5-12/h2-5,17H,6-10H2,1H3,(H,15,18)(H,16,19). The molecule has 0 aliphatic rings. The molecule has 0 atom stereocenters. The highest BCUT2D eigenvalue weighted by atomic mass is 32.2. The predicted molar refractivity (Wildman–Crippen MR) is 82.4 cm³/mol. The molecular formula is C14H20N2O4S. The summed E-state index contributed by atoms with van der Waals surface area (Å²) >= 11 is 1.60. The SMILES string of the molecule is CSCCC(=O)NCNC(=O)CCOc1ccc(O)cc1. The number of nitrogens with one attached hydrogen (secondary N) is 2. The van der Waals surface area contributed by atoms with Gasteiger partial charge in [0.1, 0.15) is 11.5 Å². The van der Waals surface area contributed by atoms with E-state index in [-0.39, 0.29) is 37.3 Å². The molecule has 0 aromatic heterocycles. The molecule has 6 nitrogen and oxygen atoms in total. The van der Waals surface area contributed by atoms with Crippen molar-refractivity contribution in [2.45, 2.75) is 12.8 Å². The van der Waals surface area contributed by atoms with E-state index in [1.807, 2.05) is 6.26 Å². The second kappa shape index (κ2) is 9.93. The highest BCUT2D eigenvalue weighted by molar-refractivity contribution is 7.98. The van der Waals surface area contributed by atoms with Crippen molar-refractivity contribution >= 4 is 23.6 Å². The summed E-state index contributed by atoms with van der Waals surface area (Å²) in [5, 5.41) is 14.3. The van der Waals surface area contributed by atoms with Gasteiger partial charge in [-0.1, -0.05) is 0 Å². The van der Waals surface area contributed by atoms with E-state index in [4.69, 9.17) is 9.84 Å². The maximum Gasteiger partial charge on any atom is 0.224 e. The number of ether oxygens (including phenoxy) is 1. The summed E-state index contributed by atoms with van der Waals surface area (Å²) in [6.07, 6.45) is 2.58. The number of phenols is 1. The molecule has 0 aliphatic carbocycles. The van der Waals surface area contributed by atoms with Gasteiger partial charge >= 0.3 is 0 Å². The summed E-state index contributed by atoms with van der Waals surface area (Å²) in [6.45, 7) is 0.363. The van der Waals surface area contributed by atoms with Gasteiger partial charge in [-0.2, -0.15) is 11.8 Å². The van der Waals surface area contributed by atoms with E-state index < -0.39 is 0 Å². The van der Waals surface area contributed by atoms with Crippen LogP contribution < -0.4 is 15.4 Å². The minimum atomic E-state index is -0.195. The molecule has 7 heteroatoms. The molecular weight excluding hydrogens is 292 g/mol. The molecule has 0 unspecified atom stereocenters. The van der Waals surface area contributed by atoms with Gasteiger partial charge in [-0.25, -0.2) is 0 Å². The Bertz CT molecular complexity index is 451. The Hall–Kier alpha value is -1.89. The summed E-state index contributed by atoms with van der Waals surface area (Å²) in [5.74, 6) is 1.24. The molecule has 116 valence electrons. The first-order chi connectivity index (χ1) is 10.1. The summed E-state index contributed by atoms with van der Waals surface area (Å²) < 4.78 is 5.35. The van der Waals surface area contributed by atoms with Crippen molar-refractivity contribution in [3.63, 3.8) is 0 Å². The molecule has 0 spiro atoms. The molecule has 0 bridgehead atoms. The van der Waals surface area contributed by atoms with Crippen LogP contribution in [0, 0.1) is 0 Å². The second-order valence-corrected chi connectivity index (χ2v) is 5.20. The van der Waals surface area contributed by atoms with E-state index in [9.17, 15) is 9.59 Å². The lowest BCUT2D eigenvalue weighted by molar-refractivity contribution is -0.122. The van der Waals surface area contributed by atoms with Crippen LogP contribution in [0.25, 0.3) is 0 Å². The van der Waals surface area contributed by atoms with Crippen molar-refractivity contribution in [3.8, 4) is 11.5 Å². The average molecular weight is 312 g/mol. The normalized spacial score (nSPS) is 9.95. The number of amides is 2. The number of carbonyl (C=O) groups excluding carboxylic acids is 2. The van der Waals surface area contributed by atoms with Crippen LogP contribution in [0.5, 0.6) is 11.5 Å². The molecule has 0 aliphatic heterocycles. The van der Waals surface area contributed by atoms with Crippen LogP contribution in [-0.2, 0) is 9.59 Å². The quantitative estimate of drug-likeness (QED) is 0.594. The molecule has 1 aromatic rings. The minimum absolute atomic E-state index is 0.0787. The zero-order valence-electron chi connectivity index (χ0n) is 11.9. The van der Waals surface area contributed by atoms with Crippen molar-refractivity contribution in [3.05, 3.63) is 24.3 Å². The summed E-state index contributed by atoms with van der Waals surface area (Å²) in [5.41, 5.74) is 0. The van der Waals surface area contributed by atoms with Crippen LogP contribution in [0.2, 0.25) is 0 Å². The van der Waals surface area contributed by atoms with Gasteiger partial charge in [0.15, 0.2) is 0 Å². The van der Waals surface area contributed by atoms with E-state index in [0.29, 0.717) is 12.2 Å². The minimum Gasteiger partial charge on any atom is -0.508 e. The van der Waals surface area contributed by atoms with Gasteiger partial charge in [0.05, 0.1) is 19.7 Å². The Balaban J connectivity index is 2.08. The van der Waals surface area contributed by atoms with Gasteiger partial charge in [-0.15, -0.1) is 0 Å². The molecule has 0 saturated heterocycles. The fraction of sp³-hybridized carbons (Fsp3) is 0.429. The van der Waals surface area contributed by atoms with Gasteiger partial charge in [0, 0.05) is 12.2 Å². The number of carbonyl (C=O) groups is 2. The fourth-order valence-corrected chi connectivity index (χ4v) is 1.81. The van der Waals surface area contributed by atoms with Crippen LogP contribution in [0.4, 0.5) is 0 Å². The molecule has 0 heterocycles. The Morgan fingerprint density at radius 3 is 2.38 bits per heavy atom. The topological polar surface area (TPSA) is 87.7 Å². The predicted octanol–water partition coefficient (Wildman–Crippen LogP) is 1.10. The van der Waals surface area contributed by atoms with Crippen molar-refractivity contribution in [2.75, 3.05) is 25.3 Å². The molecule has 0 saturated carbocycles. The van der Waals surface area contributed by atoms with E-state index in [2.05, 4.69) is 10.6 Å². The van der Waals surface area contributed by atoms with E-state index in [1.54, 1.807) is 23.9 Å². The number of hydrogen-bond donors (Lipinski definition) is 3. The molecule has 2 amide bonds. The Labute approximate surface area is 128 Å². The summed E-state index contributed by atoms with van der Waals surface area (Å²) in [6, 6.07) is 6.28. The van der Waals surface area contributed by atoms with Gasteiger partial charge < -0.3 is 20.5 Å². The third-order valence-electron chi connectivity index (χ3n) is 2.54. The average Bonchev–Trinajstić information content (AvgIpc) is 2.47. The lowest BCUT2D eigenvalue weighted by Gasteiger charge is -2.08. The third kappa shape index (κ3) is 8.09. The highest BCUT2D eigenvalue weighted by Gasteiger charge is 2.03. The number of hydrogen-bond acceptors (Lipinski definition) is 5. The fourth-order valence-electron chi connectivity index (χ4n) is 1.42. The van der Waals surface area contributed by atoms with Crippen molar-refractivity contribution in [1.82, 2.24) is 10.6 Å². The van der Waals surface area contributed by atoms with Crippen molar-refractivity contribution in [1.29, 1.82) is 0 Å². The summed E-state index contributed by atoms with van der Waals surface area (Å²) in [4.78, 5) is 22.8. The molecule has 0 radical (unpaired) electrons. The van der Waals surface area contributed by atoms with Gasteiger partial charge in [0.25, 0.3) is 0 Å². The molecule has 3 N–H and O–H groups in total. The summed E-state index contributed by atoms with van der Waals surface area (Å²) in [7, 11) is 0. The molecule has 1 aromatic carbocycles. The van der Waals surface area contributed by atoms with Crippen molar-refractivity contribution < 1.29 is 19.4 Å². The molecule has 21 heavy (non-hydrogen) atoms. The lowest BCUT2D eigenvalue weighted by Crippen LogP contribution is -2.37. The maximum atomic E-state index is 11.5. The second-order valence-electron chi connectivity index (χ2n) is 4.21. The lowest BCUT2D eigenvalue weighted by atomic mass is 10.3. The highest BCUT2D eigenvalue weighted by Crippen LogP contribution is 2.15. The zero-order chi connectivity index (χ0) is 15.5. The largest absolute Gasteiger partial charge is 0.508 e. The maximum absolute atomic E-state index is 11.5. The van der Waals surface area contributed by atoms with Crippen molar-refractivity contribution in [2.24, 2.45) is 0 Å².